The highest BCUT2D eigenvalue weighted by atomic mass is 35.5. The minimum atomic E-state index is -0.148. The van der Waals surface area contributed by atoms with E-state index in [-0.39, 0.29) is 5.91 Å². The molecule has 1 aromatic rings. The first kappa shape index (κ1) is 12.8. The third-order valence-electron chi connectivity index (χ3n) is 2.50. The number of carbonyl (C=O) groups is 1. The number of aliphatic imine (C=N–C) groups is 1. The van der Waals surface area contributed by atoms with Gasteiger partial charge in [0, 0.05) is 11.4 Å². The topological polar surface area (TPSA) is 41.5 Å². The lowest BCUT2D eigenvalue weighted by atomic mass is 10.1. The monoisotopic (exact) mass is 262 g/mol. The quantitative estimate of drug-likeness (QED) is 0.835. The molecule has 0 fully saturated rings. The summed E-state index contributed by atoms with van der Waals surface area (Å²) in [4.78, 5) is 16.0. The number of hydrogen-bond donors (Lipinski definition) is 1. The van der Waals surface area contributed by atoms with Gasteiger partial charge >= 0.3 is 0 Å². The Balaban J connectivity index is 2.22. The molecule has 0 bridgehead atoms. The van der Waals surface area contributed by atoms with Gasteiger partial charge in [-0.05, 0) is 29.7 Å². The fraction of sp³-hybridized carbons (Fsp3) is 0.286. The summed E-state index contributed by atoms with van der Waals surface area (Å²) in [7, 11) is 0. The number of nitrogens with one attached hydrogen (secondary N) is 1. The summed E-state index contributed by atoms with van der Waals surface area (Å²) in [6, 6.07) is 7.34. The van der Waals surface area contributed by atoms with Gasteiger partial charge in [0.25, 0.3) is 5.91 Å². The molecule has 94 valence electrons. The van der Waals surface area contributed by atoms with Crippen molar-refractivity contribution in [2.24, 2.45) is 10.9 Å². The molecule has 1 aromatic carbocycles. The molecular weight excluding hydrogens is 248 g/mol. The summed E-state index contributed by atoms with van der Waals surface area (Å²) >= 11 is 5.90. The minimum absolute atomic E-state index is 0.148. The first-order chi connectivity index (χ1) is 8.54. The van der Waals surface area contributed by atoms with Crippen LogP contribution >= 0.6 is 11.6 Å². The maximum Gasteiger partial charge on any atom is 0.275 e. The molecule has 18 heavy (non-hydrogen) atoms. The van der Waals surface area contributed by atoms with E-state index in [1.54, 1.807) is 18.2 Å². The van der Waals surface area contributed by atoms with Gasteiger partial charge in [0.15, 0.2) is 0 Å². The second-order valence-corrected chi connectivity index (χ2v) is 5.13. The molecule has 0 aliphatic carbocycles. The third kappa shape index (κ3) is 3.20. The van der Waals surface area contributed by atoms with Gasteiger partial charge in [-0.15, -0.1) is 0 Å². The molecule has 0 unspecified atom stereocenters. The van der Waals surface area contributed by atoms with E-state index in [2.05, 4.69) is 24.2 Å². The second-order valence-electron chi connectivity index (χ2n) is 4.70. The van der Waals surface area contributed by atoms with Gasteiger partial charge in [-0.25, -0.2) is 4.99 Å². The van der Waals surface area contributed by atoms with Crippen molar-refractivity contribution >= 4 is 29.4 Å². The van der Waals surface area contributed by atoms with Crippen LogP contribution in [-0.4, -0.2) is 11.7 Å². The van der Waals surface area contributed by atoms with E-state index in [4.69, 9.17) is 11.6 Å². The number of carbonyl (C=O) groups excluding carboxylic acids is 1. The highest BCUT2D eigenvalue weighted by molar-refractivity contribution is 6.30. The normalized spacial score (nSPS) is 17.2. The zero-order chi connectivity index (χ0) is 13.1. The number of benzene rings is 1. The van der Waals surface area contributed by atoms with Crippen molar-refractivity contribution in [3.05, 3.63) is 40.5 Å². The standard InChI is InChI=1S/C14H15ClN2O/c1-9(2)6-13-16-12(14(18)17-13)8-10-4-3-5-11(15)7-10/h3-5,7-9H,6H2,1-2H3,(H,16,17,18)/b12-8+. The fourth-order valence-corrected chi connectivity index (χ4v) is 1.95. The van der Waals surface area contributed by atoms with Gasteiger partial charge < -0.3 is 5.32 Å². The summed E-state index contributed by atoms with van der Waals surface area (Å²) in [6.45, 7) is 4.18. The van der Waals surface area contributed by atoms with Crippen LogP contribution in [0.3, 0.4) is 0 Å². The maximum atomic E-state index is 11.7. The number of amides is 1. The SMILES string of the molecule is CC(C)CC1=N/C(=C/c2cccc(Cl)c2)C(=O)N1. The molecular formula is C14H15ClN2O. The largest absolute Gasteiger partial charge is 0.309 e. The number of hydrogen-bond acceptors (Lipinski definition) is 2. The first-order valence-corrected chi connectivity index (χ1v) is 6.28. The summed E-state index contributed by atoms with van der Waals surface area (Å²) in [5, 5.41) is 3.43. The van der Waals surface area contributed by atoms with Gasteiger partial charge in [-0.2, -0.15) is 0 Å². The van der Waals surface area contributed by atoms with Crippen LogP contribution in [0, 0.1) is 5.92 Å². The van der Waals surface area contributed by atoms with Crippen molar-refractivity contribution in [3.63, 3.8) is 0 Å². The summed E-state index contributed by atoms with van der Waals surface area (Å²) in [5.41, 5.74) is 1.31. The number of nitrogens with zero attached hydrogens (tertiary/aromatic N) is 1. The van der Waals surface area contributed by atoms with Crippen LogP contribution in [0.4, 0.5) is 0 Å². The van der Waals surface area contributed by atoms with E-state index in [1.165, 1.54) is 0 Å². The molecule has 1 aliphatic rings. The van der Waals surface area contributed by atoms with Gasteiger partial charge in [0.1, 0.15) is 11.5 Å². The third-order valence-corrected chi connectivity index (χ3v) is 2.73. The molecule has 0 aromatic heterocycles. The molecule has 3 nitrogen and oxygen atoms in total. The Morgan fingerprint density at radius 2 is 2.22 bits per heavy atom. The van der Waals surface area contributed by atoms with Crippen LogP contribution in [0.15, 0.2) is 35.0 Å². The molecule has 1 amide bonds. The average molecular weight is 263 g/mol. The minimum Gasteiger partial charge on any atom is -0.309 e. The zero-order valence-electron chi connectivity index (χ0n) is 10.4. The Labute approximate surface area is 112 Å². The predicted octanol–water partition coefficient (Wildman–Crippen LogP) is 3.26. The van der Waals surface area contributed by atoms with E-state index in [0.29, 0.717) is 16.6 Å². The highest BCUT2D eigenvalue weighted by Gasteiger charge is 2.20. The van der Waals surface area contributed by atoms with Crippen LogP contribution in [0.2, 0.25) is 5.02 Å². The van der Waals surface area contributed by atoms with Crippen LogP contribution in [0.25, 0.3) is 6.08 Å². The van der Waals surface area contributed by atoms with Gasteiger partial charge in [-0.1, -0.05) is 37.6 Å². The molecule has 2 rings (SSSR count). The van der Waals surface area contributed by atoms with Crippen molar-refractivity contribution in [2.75, 3.05) is 0 Å². The van der Waals surface area contributed by atoms with Gasteiger partial charge in [0.05, 0.1) is 0 Å². The lowest BCUT2D eigenvalue weighted by Crippen LogP contribution is -2.24. The molecule has 0 atom stereocenters. The smallest absolute Gasteiger partial charge is 0.275 e. The van der Waals surface area contributed by atoms with Crippen LogP contribution < -0.4 is 5.32 Å². The van der Waals surface area contributed by atoms with Gasteiger partial charge in [0.2, 0.25) is 0 Å². The lowest BCUT2D eigenvalue weighted by Gasteiger charge is -2.02. The van der Waals surface area contributed by atoms with E-state index < -0.39 is 0 Å². The molecule has 0 saturated carbocycles. The van der Waals surface area contributed by atoms with Crippen molar-refractivity contribution in [2.45, 2.75) is 20.3 Å². The highest BCUT2D eigenvalue weighted by Crippen LogP contribution is 2.17. The van der Waals surface area contributed by atoms with Gasteiger partial charge in [-0.3, -0.25) is 4.79 Å². The summed E-state index contributed by atoms with van der Waals surface area (Å²) < 4.78 is 0. The zero-order valence-corrected chi connectivity index (χ0v) is 11.2. The molecule has 4 heteroatoms. The Hall–Kier alpha value is -1.61. The van der Waals surface area contributed by atoms with Crippen LogP contribution in [0.1, 0.15) is 25.8 Å². The average Bonchev–Trinajstić information content (AvgIpc) is 2.58. The molecule has 1 N–H and O–H groups in total. The molecule has 1 aliphatic heterocycles. The first-order valence-electron chi connectivity index (χ1n) is 5.91. The lowest BCUT2D eigenvalue weighted by molar-refractivity contribution is -0.115. The Morgan fingerprint density at radius 1 is 1.44 bits per heavy atom. The van der Waals surface area contributed by atoms with Crippen molar-refractivity contribution < 1.29 is 4.79 Å². The Morgan fingerprint density at radius 3 is 2.89 bits per heavy atom. The Kier molecular flexibility index (Phi) is 3.82. The fourth-order valence-electron chi connectivity index (χ4n) is 1.75. The molecule has 0 radical (unpaired) electrons. The molecule has 0 saturated heterocycles. The number of halogens is 1. The van der Waals surface area contributed by atoms with E-state index in [1.807, 2.05) is 12.1 Å². The van der Waals surface area contributed by atoms with Crippen LogP contribution in [0.5, 0.6) is 0 Å². The Bertz CT molecular complexity index is 532. The molecule has 1 heterocycles. The molecule has 0 spiro atoms. The van der Waals surface area contributed by atoms with E-state index in [9.17, 15) is 4.79 Å². The van der Waals surface area contributed by atoms with Crippen LogP contribution in [-0.2, 0) is 4.79 Å². The summed E-state index contributed by atoms with van der Waals surface area (Å²) in [5.74, 6) is 1.06. The van der Waals surface area contributed by atoms with Crippen molar-refractivity contribution in [1.82, 2.24) is 5.32 Å². The maximum absolute atomic E-state index is 11.7. The summed E-state index contributed by atoms with van der Waals surface area (Å²) in [6.07, 6.45) is 2.52. The van der Waals surface area contributed by atoms with Crippen molar-refractivity contribution in [1.29, 1.82) is 0 Å². The number of amidine groups is 1. The second kappa shape index (κ2) is 5.36. The van der Waals surface area contributed by atoms with E-state index in [0.717, 1.165) is 17.8 Å². The number of rotatable bonds is 3. The van der Waals surface area contributed by atoms with E-state index >= 15 is 0 Å². The predicted molar refractivity (Wildman–Crippen MR) is 74.5 cm³/mol. The van der Waals surface area contributed by atoms with Crippen molar-refractivity contribution in [3.8, 4) is 0 Å².